The van der Waals surface area contributed by atoms with Crippen LogP contribution in [0, 0.1) is 0 Å². The molecule has 1 aromatic rings. The number of hydrazine groups is 1. The third-order valence-corrected chi connectivity index (χ3v) is 1.87. The van der Waals surface area contributed by atoms with Gasteiger partial charge in [0.05, 0.1) is 6.61 Å². The molecule has 4 N–H and O–H groups in total. The molecule has 1 aromatic carbocycles. The van der Waals surface area contributed by atoms with Crippen LogP contribution in [0.1, 0.15) is 5.56 Å². The Bertz CT molecular complexity index is 299. The van der Waals surface area contributed by atoms with Gasteiger partial charge >= 0.3 is 0 Å². The van der Waals surface area contributed by atoms with Gasteiger partial charge in [-0.2, -0.15) is 0 Å². The summed E-state index contributed by atoms with van der Waals surface area (Å²) in [7, 11) is 1.67. The van der Waals surface area contributed by atoms with Gasteiger partial charge in [0.1, 0.15) is 0 Å². The Morgan fingerprint density at radius 3 is 2.57 bits per heavy atom. The van der Waals surface area contributed by atoms with E-state index in [9.17, 15) is 0 Å². The summed E-state index contributed by atoms with van der Waals surface area (Å²) in [6, 6.07) is 7.76. The van der Waals surface area contributed by atoms with Crippen molar-refractivity contribution in [2.75, 3.05) is 12.4 Å². The molecule has 0 fully saturated rings. The minimum absolute atomic E-state index is 0.393. The molecule has 0 radical (unpaired) electrons. The number of hydrogen-bond acceptors (Lipinski definition) is 3. The first-order chi connectivity index (χ1) is 6.76. The predicted molar refractivity (Wildman–Crippen MR) is 60.7 cm³/mol. The quantitative estimate of drug-likeness (QED) is 0.395. The monoisotopic (exact) mass is 211 g/mol. The summed E-state index contributed by atoms with van der Waals surface area (Å²) < 4.78 is 4.99. The number of ether oxygens (including phenoxy) is 1. The highest BCUT2D eigenvalue weighted by molar-refractivity contribution is 7.80. The normalized spacial score (nSPS) is 9.57. The van der Waals surface area contributed by atoms with Crippen molar-refractivity contribution >= 4 is 23.0 Å². The molecule has 0 aliphatic heterocycles. The average Bonchev–Trinajstić information content (AvgIpc) is 2.21. The Kier molecular flexibility index (Phi) is 4.31. The van der Waals surface area contributed by atoms with Gasteiger partial charge in [-0.05, 0) is 29.9 Å². The summed E-state index contributed by atoms with van der Waals surface area (Å²) in [6.45, 7) is 0.611. The molecule has 5 heteroatoms. The predicted octanol–water partition coefficient (Wildman–Crippen LogP) is 0.993. The molecule has 0 atom stereocenters. The smallest absolute Gasteiger partial charge is 0.185 e. The molecule has 0 saturated heterocycles. The van der Waals surface area contributed by atoms with Gasteiger partial charge < -0.3 is 15.5 Å². The molecule has 4 nitrogen and oxygen atoms in total. The number of hydrogen-bond donors (Lipinski definition) is 3. The minimum atomic E-state index is 0.393. The minimum Gasteiger partial charge on any atom is -0.380 e. The zero-order valence-electron chi connectivity index (χ0n) is 7.91. The standard InChI is InChI=1S/C9H13N3OS/c1-13-6-7-2-4-8(5-3-7)11-9(14)12-10/h2-5H,6,10H2,1H3,(H2,11,12,14). The van der Waals surface area contributed by atoms with Crippen molar-refractivity contribution in [3.63, 3.8) is 0 Å². The first-order valence-electron chi connectivity index (χ1n) is 4.11. The van der Waals surface area contributed by atoms with Gasteiger partial charge in [-0.15, -0.1) is 0 Å². The molecule has 76 valence electrons. The van der Waals surface area contributed by atoms with E-state index < -0.39 is 0 Å². The van der Waals surface area contributed by atoms with Gasteiger partial charge in [0, 0.05) is 12.8 Å². The maximum atomic E-state index is 5.12. The first-order valence-corrected chi connectivity index (χ1v) is 4.52. The van der Waals surface area contributed by atoms with Crippen molar-refractivity contribution in [2.45, 2.75) is 6.61 Å². The Labute approximate surface area is 88.4 Å². The van der Waals surface area contributed by atoms with Crippen LogP contribution in [0.15, 0.2) is 24.3 Å². The van der Waals surface area contributed by atoms with Gasteiger partial charge in [-0.25, -0.2) is 5.84 Å². The van der Waals surface area contributed by atoms with Crippen LogP contribution in [0.2, 0.25) is 0 Å². The molecule has 0 aromatic heterocycles. The topological polar surface area (TPSA) is 59.3 Å². The summed E-state index contributed by atoms with van der Waals surface area (Å²) in [6.07, 6.45) is 0. The zero-order chi connectivity index (χ0) is 10.4. The molecule has 0 heterocycles. The average molecular weight is 211 g/mol. The van der Waals surface area contributed by atoms with Crippen molar-refractivity contribution in [1.82, 2.24) is 5.43 Å². The molecule has 1 rings (SSSR count). The number of rotatable bonds is 3. The van der Waals surface area contributed by atoms with Crippen LogP contribution in [0.25, 0.3) is 0 Å². The number of benzene rings is 1. The third kappa shape index (κ3) is 3.29. The van der Waals surface area contributed by atoms with E-state index in [2.05, 4.69) is 10.7 Å². The molecule has 0 saturated carbocycles. The van der Waals surface area contributed by atoms with Gasteiger partial charge in [-0.1, -0.05) is 12.1 Å². The van der Waals surface area contributed by atoms with Crippen molar-refractivity contribution in [1.29, 1.82) is 0 Å². The van der Waals surface area contributed by atoms with Gasteiger partial charge in [0.25, 0.3) is 0 Å². The van der Waals surface area contributed by atoms with Crippen molar-refractivity contribution in [3.8, 4) is 0 Å². The molecular weight excluding hydrogens is 198 g/mol. The van der Waals surface area contributed by atoms with Gasteiger partial charge in [-0.3, -0.25) is 0 Å². The van der Waals surface area contributed by atoms with Crippen LogP contribution < -0.4 is 16.6 Å². The molecule has 0 aliphatic carbocycles. The van der Waals surface area contributed by atoms with Crippen molar-refractivity contribution in [2.24, 2.45) is 5.84 Å². The second-order valence-electron chi connectivity index (χ2n) is 2.73. The van der Waals surface area contributed by atoms with Gasteiger partial charge in [0.15, 0.2) is 5.11 Å². The molecule has 0 unspecified atom stereocenters. The fraction of sp³-hybridized carbons (Fsp3) is 0.222. The van der Waals surface area contributed by atoms with Crippen LogP contribution in [0.3, 0.4) is 0 Å². The number of nitrogens with two attached hydrogens (primary N) is 1. The maximum absolute atomic E-state index is 5.12. The molecule has 14 heavy (non-hydrogen) atoms. The lowest BCUT2D eigenvalue weighted by Gasteiger charge is -2.07. The SMILES string of the molecule is COCc1ccc(NC(=S)NN)cc1. The lowest BCUT2D eigenvalue weighted by Crippen LogP contribution is -2.34. The second kappa shape index (κ2) is 5.54. The van der Waals surface area contributed by atoms with E-state index in [1.54, 1.807) is 7.11 Å². The molecular formula is C9H13N3OS. The van der Waals surface area contributed by atoms with Crippen molar-refractivity contribution in [3.05, 3.63) is 29.8 Å². The highest BCUT2D eigenvalue weighted by atomic mass is 32.1. The van der Waals surface area contributed by atoms with Crippen LogP contribution >= 0.6 is 12.2 Å². The first kappa shape index (κ1) is 10.9. The lowest BCUT2D eigenvalue weighted by molar-refractivity contribution is 0.185. The van der Waals surface area contributed by atoms with Crippen LogP contribution in [0.4, 0.5) is 5.69 Å². The maximum Gasteiger partial charge on any atom is 0.185 e. The number of methoxy groups -OCH3 is 1. The van der Waals surface area contributed by atoms with E-state index in [0.717, 1.165) is 11.3 Å². The van der Waals surface area contributed by atoms with E-state index in [-0.39, 0.29) is 0 Å². The van der Waals surface area contributed by atoms with Crippen LogP contribution in [-0.4, -0.2) is 12.2 Å². The Morgan fingerprint density at radius 2 is 2.07 bits per heavy atom. The van der Waals surface area contributed by atoms with E-state index in [1.807, 2.05) is 24.3 Å². The van der Waals surface area contributed by atoms with E-state index >= 15 is 0 Å². The lowest BCUT2D eigenvalue weighted by atomic mass is 10.2. The molecule has 0 aliphatic rings. The van der Waals surface area contributed by atoms with Gasteiger partial charge in [0.2, 0.25) is 0 Å². The van der Waals surface area contributed by atoms with E-state index in [1.165, 1.54) is 0 Å². The number of thiocarbonyl (C=S) groups is 1. The fourth-order valence-electron chi connectivity index (χ4n) is 1.02. The highest BCUT2D eigenvalue weighted by Crippen LogP contribution is 2.09. The van der Waals surface area contributed by atoms with Crippen LogP contribution in [0.5, 0.6) is 0 Å². The summed E-state index contributed by atoms with van der Waals surface area (Å²) in [5.74, 6) is 5.12. The molecule has 0 spiro atoms. The Hall–Kier alpha value is -1.17. The third-order valence-electron chi connectivity index (χ3n) is 1.65. The van der Waals surface area contributed by atoms with E-state index in [0.29, 0.717) is 11.7 Å². The van der Waals surface area contributed by atoms with Crippen molar-refractivity contribution < 1.29 is 4.74 Å². The Morgan fingerprint density at radius 1 is 1.43 bits per heavy atom. The largest absolute Gasteiger partial charge is 0.380 e. The number of nitrogens with one attached hydrogen (secondary N) is 2. The Balaban J connectivity index is 2.59. The summed E-state index contributed by atoms with van der Waals surface area (Å²) in [5, 5.41) is 3.31. The van der Waals surface area contributed by atoms with Crippen LogP contribution in [-0.2, 0) is 11.3 Å². The second-order valence-corrected chi connectivity index (χ2v) is 3.14. The summed E-state index contributed by atoms with van der Waals surface area (Å²) in [4.78, 5) is 0. The zero-order valence-corrected chi connectivity index (χ0v) is 8.73. The summed E-state index contributed by atoms with van der Waals surface area (Å²) >= 11 is 4.85. The number of anilines is 1. The highest BCUT2D eigenvalue weighted by Gasteiger charge is 1.95. The summed E-state index contributed by atoms with van der Waals surface area (Å²) in [5.41, 5.74) is 4.36. The molecule has 0 amide bonds. The fourth-order valence-corrected chi connectivity index (χ4v) is 1.14. The van der Waals surface area contributed by atoms with E-state index in [4.69, 9.17) is 22.8 Å². The molecule has 0 bridgehead atoms.